The van der Waals surface area contributed by atoms with Crippen molar-refractivity contribution < 1.29 is 9.84 Å². The molecule has 25 heavy (non-hydrogen) atoms. The molecule has 130 valence electrons. The summed E-state index contributed by atoms with van der Waals surface area (Å²) in [5.74, 6) is 0.446. The number of aliphatic imine (C=N–C) groups is 1. The van der Waals surface area contributed by atoms with E-state index in [1.807, 2.05) is 24.3 Å². The summed E-state index contributed by atoms with van der Waals surface area (Å²) in [6, 6.07) is 9.00. The summed E-state index contributed by atoms with van der Waals surface area (Å²) in [4.78, 5) is 11.7. The van der Waals surface area contributed by atoms with E-state index in [0.717, 1.165) is 23.0 Å². The van der Waals surface area contributed by atoms with Crippen molar-refractivity contribution in [3.05, 3.63) is 52.8 Å². The number of aromatic nitrogens is 1. The molecule has 5 nitrogen and oxygen atoms in total. The number of phenols is 1. The number of methoxy groups -OCH3 is 1. The number of phenolic OH excluding ortho intramolecular Hbond substituents is 1. The van der Waals surface area contributed by atoms with Gasteiger partial charge >= 0.3 is 0 Å². The Morgan fingerprint density at radius 2 is 2.20 bits per heavy atom. The van der Waals surface area contributed by atoms with Crippen molar-refractivity contribution in [3.8, 4) is 11.5 Å². The van der Waals surface area contributed by atoms with E-state index in [4.69, 9.17) is 21.3 Å². The highest BCUT2D eigenvalue weighted by Crippen LogP contribution is 2.50. The van der Waals surface area contributed by atoms with Crippen molar-refractivity contribution in [2.24, 2.45) is 4.99 Å². The number of hydrogen-bond donors (Lipinski definition) is 1. The van der Waals surface area contributed by atoms with Crippen molar-refractivity contribution >= 4 is 28.5 Å². The minimum atomic E-state index is -0.136. The van der Waals surface area contributed by atoms with Gasteiger partial charge in [-0.05, 0) is 23.8 Å². The smallest absolute Gasteiger partial charge is 0.160 e. The topological polar surface area (TPSA) is 58.0 Å². The number of benzene rings is 1. The molecule has 1 fully saturated rings. The molecule has 1 saturated heterocycles. The Kier molecular flexibility index (Phi) is 4.25. The van der Waals surface area contributed by atoms with Gasteiger partial charge in [0.1, 0.15) is 6.04 Å². The lowest BCUT2D eigenvalue weighted by atomic mass is 9.96. The van der Waals surface area contributed by atoms with Crippen molar-refractivity contribution in [3.63, 3.8) is 0 Å². The second kappa shape index (κ2) is 6.42. The van der Waals surface area contributed by atoms with E-state index in [0.29, 0.717) is 16.0 Å². The van der Waals surface area contributed by atoms with Gasteiger partial charge in [0, 0.05) is 29.1 Å². The molecule has 7 heteroatoms. The number of ether oxygens (including phenoxy) is 1. The lowest BCUT2D eigenvalue weighted by molar-refractivity contribution is 0.318. The minimum Gasteiger partial charge on any atom is -0.504 e. The lowest BCUT2D eigenvalue weighted by Crippen LogP contribution is -2.28. The first-order chi connectivity index (χ1) is 12.1. The Labute approximate surface area is 155 Å². The molecule has 2 aliphatic heterocycles. The number of hydrogen-bond acceptors (Lipinski definition) is 6. The Morgan fingerprint density at radius 1 is 1.36 bits per heavy atom. The average Bonchev–Trinajstić information content (AvgIpc) is 3.12. The summed E-state index contributed by atoms with van der Waals surface area (Å²) in [5, 5.41) is 12.0. The number of aromatic hydroxyl groups is 1. The van der Waals surface area contributed by atoms with Crippen LogP contribution >= 0.6 is 23.4 Å². The fourth-order valence-electron chi connectivity index (χ4n) is 3.40. The number of pyridine rings is 1. The van der Waals surface area contributed by atoms with Gasteiger partial charge in [0.15, 0.2) is 16.7 Å². The highest BCUT2D eigenvalue weighted by atomic mass is 35.5. The van der Waals surface area contributed by atoms with Crippen molar-refractivity contribution in [1.29, 1.82) is 0 Å². The van der Waals surface area contributed by atoms with Gasteiger partial charge in [0.05, 0.1) is 18.8 Å². The van der Waals surface area contributed by atoms with Crippen LogP contribution in [-0.2, 0) is 0 Å². The third-order valence-corrected chi connectivity index (χ3v) is 5.93. The first-order valence-corrected chi connectivity index (χ1v) is 9.32. The van der Waals surface area contributed by atoms with Gasteiger partial charge in [-0.1, -0.05) is 36.4 Å². The number of rotatable bonds is 3. The third kappa shape index (κ3) is 2.83. The van der Waals surface area contributed by atoms with Gasteiger partial charge in [-0.25, -0.2) is 0 Å². The molecule has 1 aromatic heterocycles. The van der Waals surface area contributed by atoms with E-state index in [9.17, 15) is 5.11 Å². The van der Waals surface area contributed by atoms with Crippen LogP contribution in [0.4, 0.5) is 0 Å². The molecule has 0 unspecified atom stereocenters. The van der Waals surface area contributed by atoms with Crippen LogP contribution in [0, 0.1) is 0 Å². The summed E-state index contributed by atoms with van der Waals surface area (Å²) in [7, 11) is 1.54. The zero-order valence-corrected chi connectivity index (χ0v) is 15.5. The second-order valence-corrected chi connectivity index (χ2v) is 8.00. The molecular weight excluding hydrogens is 358 g/mol. The molecule has 3 atom stereocenters. The maximum absolute atomic E-state index is 10.0. The molecular formula is C18H18ClN3O2S. The highest BCUT2D eigenvalue weighted by Gasteiger charge is 2.44. The molecule has 0 amide bonds. The Hall–Kier alpha value is -1.92. The number of thioether (sulfide) groups is 1. The molecule has 0 bridgehead atoms. The molecule has 2 aliphatic rings. The fraction of sp³-hybridized carbons (Fsp3) is 0.333. The largest absolute Gasteiger partial charge is 0.504 e. The standard InChI is InChI=1S/C18H18ClN3O2S/c1-10-9-22-17(11-7-15(24-2)14(23)8-12(11)19)16(21-18(22)25-10)13-5-3-4-6-20-13/h3-8,10,16-17,23H,9H2,1-2H3/t10-,16+,17-/m1/s1. The molecule has 1 aromatic carbocycles. The fourth-order valence-corrected chi connectivity index (χ4v) is 4.77. The van der Waals surface area contributed by atoms with Crippen LogP contribution in [0.25, 0.3) is 0 Å². The van der Waals surface area contributed by atoms with E-state index in [-0.39, 0.29) is 17.8 Å². The summed E-state index contributed by atoms with van der Waals surface area (Å²) < 4.78 is 5.29. The van der Waals surface area contributed by atoms with Crippen molar-refractivity contribution in [2.75, 3.05) is 13.7 Å². The molecule has 1 N–H and O–H groups in total. The molecule has 0 saturated carbocycles. The predicted octanol–water partition coefficient (Wildman–Crippen LogP) is 4.04. The molecule has 0 aliphatic carbocycles. The number of amidine groups is 1. The van der Waals surface area contributed by atoms with Crippen LogP contribution in [0.3, 0.4) is 0 Å². The number of halogens is 1. The van der Waals surface area contributed by atoms with Crippen molar-refractivity contribution in [2.45, 2.75) is 24.3 Å². The third-order valence-electron chi connectivity index (χ3n) is 4.50. The average molecular weight is 376 g/mol. The number of nitrogens with zero attached hydrogens (tertiary/aromatic N) is 3. The van der Waals surface area contributed by atoms with Crippen LogP contribution in [-0.4, -0.2) is 39.1 Å². The molecule has 3 heterocycles. The maximum Gasteiger partial charge on any atom is 0.160 e. The molecule has 0 radical (unpaired) electrons. The van der Waals surface area contributed by atoms with Crippen LogP contribution in [0.5, 0.6) is 11.5 Å². The van der Waals surface area contributed by atoms with Gasteiger partial charge in [0.2, 0.25) is 0 Å². The first-order valence-electron chi connectivity index (χ1n) is 8.07. The van der Waals surface area contributed by atoms with Gasteiger partial charge in [-0.15, -0.1) is 0 Å². The maximum atomic E-state index is 10.0. The summed E-state index contributed by atoms with van der Waals surface area (Å²) in [6.07, 6.45) is 1.78. The van der Waals surface area contributed by atoms with Crippen LogP contribution in [0.1, 0.15) is 30.3 Å². The van der Waals surface area contributed by atoms with Crippen LogP contribution in [0.2, 0.25) is 5.02 Å². The lowest BCUT2D eigenvalue weighted by Gasteiger charge is -2.28. The Morgan fingerprint density at radius 3 is 2.92 bits per heavy atom. The van der Waals surface area contributed by atoms with Crippen molar-refractivity contribution in [1.82, 2.24) is 9.88 Å². The summed E-state index contributed by atoms with van der Waals surface area (Å²) in [5.41, 5.74) is 1.80. The predicted molar refractivity (Wildman–Crippen MR) is 101 cm³/mol. The van der Waals surface area contributed by atoms with E-state index in [2.05, 4.69) is 16.8 Å². The van der Waals surface area contributed by atoms with Gasteiger partial charge in [-0.2, -0.15) is 0 Å². The minimum absolute atomic E-state index is 0.0361. The SMILES string of the molecule is COc1cc([C@@H]2[C@H](c3ccccn3)N=C3S[C@H](C)CN32)c(Cl)cc1O. The molecule has 2 aromatic rings. The number of fused-ring (bicyclic) bond motifs is 1. The zero-order chi connectivity index (χ0) is 17.6. The summed E-state index contributed by atoms with van der Waals surface area (Å²) >= 11 is 8.27. The van der Waals surface area contributed by atoms with E-state index in [1.165, 1.54) is 13.2 Å². The second-order valence-electron chi connectivity index (χ2n) is 6.18. The van der Waals surface area contributed by atoms with Crippen LogP contribution < -0.4 is 4.74 Å². The quantitative estimate of drug-likeness (QED) is 0.877. The van der Waals surface area contributed by atoms with E-state index >= 15 is 0 Å². The Bertz CT molecular complexity index is 831. The van der Waals surface area contributed by atoms with Gasteiger partial charge in [0.25, 0.3) is 0 Å². The van der Waals surface area contributed by atoms with Gasteiger partial charge in [-0.3, -0.25) is 9.98 Å². The molecule has 4 rings (SSSR count). The first kappa shape index (κ1) is 16.5. The zero-order valence-electron chi connectivity index (χ0n) is 13.9. The monoisotopic (exact) mass is 375 g/mol. The van der Waals surface area contributed by atoms with E-state index < -0.39 is 0 Å². The Balaban J connectivity index is 1.83. The highest BCUT2D eigenvalue weighted by molar-refractivity contribution is 8.14. The van der Waals surface area contributed by atoms with Crippen LogP contribution in [0.15, 0.2) is 41.5 Å². The van der Waals surface area contributed by atoms with Gasteiger partial charge < -0.3 is 14.7 Å². The summed E-state index contributed by atoms with van der Waals surface area (Å²) in [6.45, 7) is 3.09. The van der Waals surface area contributed by atoms with E-state index in [1.54, 1.807) is 18.0 Å². The molecule has 0 spiro atoms. The normalized spacial score (nSPS) is 25.0.